The van der Waals surface area contributed by atoms with Gasteiger partial charge < -0.3 is 15.0 Å². The summed E-state index contributed by atoms with van der Waals surface area (Å²) in [6, 6.07) is 4.67. The van der Waals surface area contributed by atoms with E-state index < -0.39 is 0 Å². The maximum absolute atomic E-state index is 6.10. The number of aromatic nitrogens is 1. The Balaban J connectivity index is 2.35. The molecule has 3 heteroatoms. The van der Waals surface area contributed by atoms with Gasteiger partial charge in [-0.3, -0.25) is 0 Å². The fourth-order valence-corrected chi connectivity index (χ4v) is 3.19. The van der Waals surface area contributed by atoms with Gasteiger partial charge in [0, 0.05) is 30.6 Å². The molecule has 3 rings (SSSR count). The molecule has 0 spiro atoms. The lowest BCUT2D eigenvalue weighted by Gasteiger charge is -2.19. The molecule has 2 N–H and O–H groups in total. The number of methoxy groups -OCH3 is 1. The van der Waals surface area contributed by atoms with Crippen molar-refractivity contribution >= 4 is 10.9 Å². The largest absolute Gasteiger partial charge is 0.495 e. The topological polar surface area (TPSA) is 40.2 Å². The van der Waals surface area contributed by atoms with E-state index in [2.05, 4.69) is 30.7 Å². The molecule has 0 aliphatic heterocycles. The third-order valence-corrected chi connectivity index (χ3v) is 4.07. The van der Waals surface area contributed by atoms with Gasteiger partial charge in [-0.25, -0.2) is 0 Å². The molecule has 18 heavy (non-hydrogen) atoms. The number of hydrogen-bond acceptors (Lipinski definition) is 2. The number of nitrogens with two attached hydrogens (primary N) is 1. The highest BCUT2D eigenvalue weighted by atomic mass is 16.5. The van der Waals surface area contributed by atoms with Crippen molar-refractivity contribution in [2.24, 2.45) is 12.8 Å². The number of aryl methyl sites for hydroxylation is 3. The monoisotopic (exact) mass is 244 g/mol. The van der Waals surface area contributed by atoms with Crippen molar-refractivity contribution in [2.45, 2.75) is 32.2 Å². The number of hydrogen-bond donors (Lipinski definition) is 1. The van der Waals surface area contributed by atoms with Gasteiger partial charge in [0.25, 0.3) is 0 Å². The van der Waals surface area contributed by atoms with Crippen molar-refractivity contribution in [3.05, 3.63) is 29.0 Å². The molecule has 0 bridgehead atoms. The van der Waals surface area contributed by atoms with Gasteiger partial charge in [0.15, 0.2) is 0 Å². The number of benzene rings is 1. The van der Waals surface area contributed by atoms with E-state index in [1.165, 1.54) is 27.7 Å². The fraction of sp³-hybridized carbons (Fsp3) is 0.467. The Kier molecular flexibility index (Phi) is 2.59. The molecule has 1 aromatic heterocycles. The fourth-order valence-electron chi connectivity index (χ4n) is 3.19. The summed E-state index contributed by atoms with van der Waals surface area (Å²) in [6.45, 7) is 2.12. The SMILES string of the molecule is COc1cc(C)cc2c3c(n(C)c12)CC(N)CC3. The zero-order valence-electron chi connectivity index (χ0n) is 11.3. The van der Waals surface area contributed by atoms with E-state index in [1.807, 2.05) is 0 Å². The predicted molar refractivity (Wildman–Crippen MR) is 74.2 cm³/mol. The van der Waals surface area contributed by atoms with Crippen molar-refractivity contribution in [1.82, 2.24) is 4.57 Å². The van der Waals surface area contributed by atoms with Crippen molar-refractivity contribution in [2.75, 3.05) is 7.11 Å². The van der Waals surface area contributed by atoms with Crippen LogP contribution in [0, 0.1) is 6.92 Å². The van der Waals surface area contributed by atoms with Crippen LogP contribution in [0.25, 0.3) is 10.9 Å². The summed E-state index contributed by atoms with van der Waals surface area (Å²) in [4.78, 5) is 0. The highest BCUT2D eigenvalue weighted by Crippen LogP contribution is 2.36. The maximum Gasteiger partial charge on any atom is 0.143 e. The highest BCUT2D eigenvalue weighted by molar-refractivity contribution is 5.91. The molecule has 1 aliphatic carbocycles. The van der Waals surface area contributed by atoms with Crippen molar-refractivity contribution in [3.63, 3.8) is 0 Å². The Labute approximate surface area is 108 Å². The van der Waals surface area contributed by atoms with Crippen LogP contribution in [-0.4, -0.2) is 17.7 Å². The summed E-state index contributed by atoms with van der Waals surface area (Å²) >= 11 is 0. The molecule has 1 atom stereocenters. The van der Waals surface area contributed by atoms with Crippen LogP contribution in [0.3, 0.4) is 0 Å². The lowest BCUT2D eigenvalue weighted by Crippen LogP contribution is -2.28. The smallest absolute Gasteiger partial charge is 0.143 e. The molecule has 0 saturated carbocycles. The number of nitrogens with zero attached hydrogens (tertiary/aromatic N) is 1. The zero-order chi connectivity index (χ0) is 12.9. The Bertz CT molecular complexity index is 613. The Hall–Kier alpha value is -1.48. The number of rotatable bonds is 1. The highest BCUT2D eigenvalue weighted by Gasteiger charge is 2.24. The molecular formula is C15H20N2O. The summed E-state index contributed by atoms with van der Waals surface area (Å²) in [5.74, 6) is 0.968. The average Bonchev–Trinajstić information content (AvgIpc) is 2.62. The predicted octanol–water partition coefficient (Wildman–Crippen LogP) is 2.31. The van der Waals surface area contributed by atoms with Crippen LogP contribution in [0.1, 0.15) is 23.2 Å². The number of ether oxygens (including phenoxy) is 1. The van der Waals surface area contributed by atoms with E-state index in [1.54, 1.807) is 7.11 Å². The van der Waals surface area contributed by atoms with Gasteiger partial charge in [0.1, 0.15) is 5.75 Å². The second-order valence-electron chi connectivity index (χ2n) is 5.35. The lowest BCUT2D eigenvalue weighted by atomic mass is 9.92. The van der Waals surface area contributed by atoms with Gasteiger partial charge in [-0.05, 0) is 43.0 Å². The van der Waals surface area contributed by atoms with Gasteiger partial charge in [-0.2, -0.15) is 0 Å². The molecule has 96 valence electrons. The maximum atomic E-state index is 6.10. The molecule has 3 nitrogen and oxygen atoms in total. The second-order valence-corrected chi connectivity index (χ2v) is 5.35. The first-order valence-electron chi connectivity index (χ1n) is 6.52. The molecule has 0 amide bonds. The first-order valence-corrected chi connectivity index (χ1v) is 6.52. The van der Waals surface area contributed by atoms with Crippen LogP contribution < -0.4 is 10.5 Å². The first-order chi connectivity index (χ1) is 8.61. The summed E-state index contributed by atoms with van der Waals surface area (Å²) in [6.07, 6.45) is 3.14. The Morgan fingerprint density at radius 1 is 1.39 bits per heavy atom. The van der Waals surface area contributed by atoms with Gasteiger partial charge in [0.2, 0.25) is 0 Å². The van der Waals surface area contributed by atoms with Crippen LogP contribution in [0.2, 0.25) is 0 Å². The molecule has 0 radical (unpaired) electrons. The minimum atomic E-state index is 0.299. The second kappa shape index (κ2) is 4.02. The molecule has 0 saturated heterocycles. The van der Waals surface area contributed by atoms with Crippen LogP contribution in [-0.2, 0) is 19.9 Å². The lowest BCUT2D eigenvalue weighted by molar-refractivity contribution is 0.417. The van der Waals surface area contributed by atoms with E-state index in [9.17, 15) is 0 Å². The average molecular weight is 244 g/mol. The molecule has 1 unspecified atom stereocenters. The molecule has 0 fully saturated rings. The molecule has 1 heterocycles. The van der Waals surface area contributed by atoms with Crippen molar-refractivity contribution in [1.29, 1.82) is 0 Å². The molecular weight excluding hydrogens is 224 g/mol. The summed E-state index contributed by atoms with van der Waals surface area (Å²) in [5.41, 5.74) is 11.4. The van der Waals surface area contributed by atoms with Crippen LogP contribution >= 0.6 is 0 Å². The van der Waals surface area contributed by atoms with E-state index >= 15 is 0 Å². The summed E-state index contributed by atoms with van der Waals surface area (Å²) < 4.78 is 7.81. The van der Waals surface area contributed by atoms with Crippen molar-refractivity contribution < 1.29 is 4.74 Å². The Morgan fingerprint density at radius 3 is 2.89 bits per heavy atom. The molecule has 1 aromatic carbocycles. The minimum absolute atomic E-state index is 0.299. The molecule has 1 aliphatic rings. The standard InChI is InChI=1S/C15H20N2O/c1-9-6-12-11-5-4-10(16)8-13(11)17(2)15(12)14(7-9)18-3/h6-7,10H,4-5,8,16H2,1-3H3. The van der Waals surface area contributed by atoms with E-state index in [4.69, 9.17) is 10.5 Å². The first kappa shape index (κ1) is 11.6. The van der Waals surface area contributed by atoms with E-state index in [0.717, 1.165) is 25.0 Å². The number of fused-ring (bicyclic) bond motifs is 3. The third-order valence-electron chi connectivity index (χ3n) is 4.07. The minimum Gasteiger partial charge on any atom is -0.495 e. The van der Waals surface area contributed by atoms with Crippen molar-refractivity contribution in [3.8, 4) is 5.75 Å². The summed E-state index contributed by atoms with van der Waals surface area (Å²) in [5, 5.41) is 1.34. The third kappa shape index (κ3) is 1.54. The van der Waals surface area contributed by atoms with Gasteiger partial charge in [-0.1, -0.05) is 0 Å². The molecule has 2 aromatic rings. The normalized spacial score (nSPS) is 19.0. The van der Waals surface area contributed by atoms with Crippen LogP contribution in [0.15, 0.2) is 12.1 Å². The van der Waals surface area contributed by atoms with Gasteiger partial charge in [0.05, 0.1) is 12.6 Å². The van der Waals surface area contributed by atoms with Crippen LogP contribution in [0.4, 0.5) is 0 Å². The Morgan fingerprint density at radius 2 is 2.17 bits per heavy atom. The van der Waals surface area contributed by atoms with Crippen LogP contribution in [0.5, 0.6) is 5.75 Å². The summed E-state index contributed by atoms with van der Waals surface area (Å²) in [7, 11) is 3.86. The van der Waals surface area contributed by atoms with Gasteiger partial charge >= 0.3 is 0 Å². The zero-order valence-corrected chi connectivity index (χ0v) is 11.3. The van der Waals surface area contributed by atoms with E-state index in [0.29, 0.717) is 6.04 Å². The van der Waals surface area contributed by atoms with E-state index in [-0.39, 0.29) is 0 Å². The van der Waals surface area contributed by atoms with Gasteiger partial charge in [-0.15, -0.1) is 0 Å². The quantitative estimate of drug-likeness (QED) is 0.836.